The molecule has 3 rings (SSSR count). The van der Waals surface area contributed by atoms with E-state index in [-0.39, 0.29) is 33.7 Å². The molecular weight excluding hydrogens is 324 g/mol. The first-order valence-corrected chi connectivity index (χ1v) is 7.91. The van der Waals surface area contributed by atoms with E-state index in [0.717, 1.165) is 11.3 Å². The molecule has 9 nitrogen and oxygen atoms in total. The van der Waals surface area contributed by atoms with Crippen LogP contribution in [0.4, 0.5) is 5.95 Å². The molecule has 10 heteroatoms. The number of H-pyrrole nitrogens is 1. The van der Waals surface area contributed by atoms with Crippen molar-refractivity contribution < 1.29 is 14.6 Å². The van der Waals surface area contributed by atoms with Crippen LogP contribution in [0.25, 0.3) is 10.3 Å². The molecule has 0 aromatic carbocycles. The van der Waals surface area contributed by atoms with Gasteiger partial charge in [0.1, 0.15) is 10.8 Å². The van der Waals surface area contributed by atoms with E-state index in [1.807, 2.05) is 0 Å². The lowest BCUT2D eigenvalue weighted by molar-refractivity contribution is -0.147. The number of hydrogen-bond acceptors (Lipinski definition) is 8. The fourth-order valence-electron chi connectivity index (χ4n) is 3.07. The molecule has 0 unspecified atom stereocenters. The summed E-state index contributed by atoms with van der Waals surface area (Å²) < 4.78 is 6.83. The Hall–Kier alpha value is -2.20. The van der Waals surface area contributed by atoms with Gasteiger partial charge < -0.3 is 15.6 Å². The Morgan fingerprint density at radius 3 is 2.91 bits per heavy atom. The number of nitrogen functional groups attached to an aromatic ring is 1. The minimum Gasteiger partial charge on any atom is -0.460 e. The molecule has 2 aromatic heterocycles. The van der Waals surface area contributed by atoms with E-state index >= 15 is 0 Å². The molecule has 4 N–H and O–H groups in total. The number of fused-ring (bicyclic) bond motifs is 1. The minimum atomic E-state index is -0.553. The zero-order chi connectivity index (χ0) is 16.7. The number of aromatic nitrogens is 3. The summed E-state index contributed by atoms with van der Waals surface area (Å²) in [5.41, 5.74) is 5.27. The third kappa shape index (κ3) is 2.75. The summed E-state index contributed by atoms with van der Waals surface area (Å²) >= 11 is 0.773. The number of esters is 1. The highest BCUT2D eigenvalue weighted by Gasteiger charge is 2.39. The SMILES string of the molecule is CC(=O)O[C@@H]1C[C@@H](CO)C[C@H]1n1c(=O)sc2c(=O)[nH]c(N)nc21. The van der Waals surface area contributed by atoms with Crippen LogP contribution in [0.15, 0.2) is 9.59 Å². The molecule has 1 aliphatic rings. The van der Waals surface area contributed by atoms with E-state index < -0.39 is 23.7 Å². The molecule has 23 heavy (non-hydrogen) atoms. The van der Waals surface area contributed by atoms with E-state index in [9.17, 15) is 19.5 Å². The number of nitrogens with one attached hydrogen (secondary N) is 1. The number of carbonyl (C=O) groups is 1. The van der Waals surface area contributed by atoms with E-state index in [4.69, 9.17) is 10.5 Å². The van der Waals surface area contributed by atoms with Crippen LogP contribution in [0.2, 0.25) is 0 Å². The number of hydrogen-bond donors (Lipinski definition) is 3. The zero-order valence-corrected chi connectivity index (χ0v) is 13.1. The zero-order valence-electron chi connectivity index (χ0n) is 12.3. The van der Waals surface area contributed by atoms with Gasteiger partial charge in [-0.05, 0) is 18.8 Å². The van der Waals surface area contributed by atoms with Gasteiger partial charge in [0.05, 0.1) is 6.04 Å². The number of anilines is 1. The molecule has 0 saturated heterocycles. The predicted molar refractivity (Wildman–Crippen MR) is 83.3 cm³/mol. The summed E-state index contributed by atoms with van der Waals surface area (Å²) in [5, 5.41) is 9.39. The quantitative estimate of drug-likeness (QED) is 0.646. The normalized spacial score (nSPS) is 24.2. The van der Waals surface area contributed by atoms with Crippen molar-refractivity contribution in [1.29, 1.82) is 0 Å². The number of rotatable bonds is 3. The Balaban J connectivity index is 2.14. The first kappa shape index (κ1) is 15.7. The average molecular weight is 340 g/mol. The van der Waals surface area contributed by atoms with E-state index in [1.54, 1.807) is 0 Å². The van der Waals surface area contributed by atoms with Gasteiger partial charge in [-0.3, -0.25) is 23.9 Å². The molecule has 2 aromatic rings. The summed E-state index contributed by atoms with van der Waals surface area (Å²) in [7, 11) is 0. The van der Waals surface area contributed by atoms with Gasteiger partial charge in [-0.2, -0.15) is 4.98 Å². The van der Waals surface area contributed by atoms with Crippen molar-refractivity contribution in [2.24, 2.45) is 5.92 Å². The second kappa shape index (κ2) is 5.78. The lowest BCUT2D eigenvalue weighted by Gasteiger charge is -2.20. The van der Waals surface area contributed by atoms with Gasteiger partial charge >= 0.3 is 10.8 Å². The van der Waals surface area contributed by atoms with Crippen LogP contribution in [0, 0.1) is 5.92 Å². The van der Waals surface area contributed by atoms with Crippen molar-refractivity contribution in [3.8, 4) is 0 Å². The number of aromatic amines is 1. The Morgan fingerprint density at radius 1 is 1.52 bits per heavy atom. The first-order valence-electron chi connectivity index (χ1n) is 7.09. The van der Waals surface area contributed by atoms with Crippen LogP contribution in [0.3, 0.4) is 0 Å². The monoisotopic (exact) mass is 340 g/mol. The van der Waals surface area contributed by atoms with E-state index in [0.29, 0.717) is 12.8 Å². The molecule has 1 fully saturated rings. The predicted octanol–water partition coefficient (Wildman–Crippen LogP) is -0.396. The summed E-state index contributed by atoms with van der Waals surface area (Å²) in [6.45, 7) is 1.22. The largest absolute Gasteiger partial charge is 0.460 e. The van der Waals surface area contributed by atoms with Crippen molar-refractivity contribution in [1.82, 2.24) is 14.5 Å². The van der Waals surface area contributed by atoms with Gasteiger partial charge in [-0.15, -0.1) is 0 Å². The van der Waals surface area contributed by atoms with Crippen molar-refractivity contribution in [3.05, 3.63) is 20.0 Å². The van der Waals surface area contributed by atoms with Crippen molar-refractivity contribution in [2.45, 2.75) is 31.9 Å². The van der Waals surface area contributed by atoms with Crippen LogP contribution >= 0.6 is 11.3 Å². The van der Waals surface area contributed by atoms with Gasteiger partial charge in [0.15, 0.2) is 5.65 Å². The molecule has 0 aliphatic heterocycles. The summed E-state index contributed by atoms with van der Waals surface area (Å²) in [6.07, 6.45) is 0.347. The number of ether oxygens (including phenoxy) is 1. The number of thiazole rings is 1. The fraction of sp³-hybridized carbons (Fsp3) is 0.538. The second-order valence-electron chi connectivity index (χ2n) is 5.58. The number of aliphatic hydroxyl groups is 1. The van der Waals surface area contributed by atoms with Crippen LogP contribution in [0.1, 0.15) is 25.8 Å². The maximum absolute atomic E-state index is 12.4. The third-order valence-corrected chi connectivity index (χ3v) is 4.91. The maximum Gasteiger partial charge on any atom is 0.309 e. The van der Waals surface area contributed by atoms with Crippen molar-refractivity contribution >= 4 is 33.6 Å². The van der Waals surface area contributed by atoms with Gasteiger partial charge in [-0.25, -0.2) is 0 Å². The molecule has 0 spiro atoms. The summed E-state index contributed by atoms with van der Waals surface area (Å²) in [6, 6.07) is -0.481. The van der Waals surface area contributed by atoms with Gasteiger partial charge in [-0.1, -0.05) is 11.3 Å². The van der Waals surface area contributed by atoms with E-state index in [1.165, 1.54) is 11.5 Å². The summed E-state index contributed by atoms with van der Waals surface area (Å²) in [4.78, 5) is 41.6. The molecule has 0 bridgehead atoms. The second-order valence-corrected chi connectivity index (χ2v) is 6.54. The molecule has 124 valence electrons. The van der Waals surface area contributed by atoms with Crippen molar-refractivity contribution in [3.63, 3.8) is 0 Å². The molecule has 3 atom stereocenters. The van der Waals surface area contributed by atoms with Gasteiger partial charge in [0.2, 0.25) is 5.95 Å². The number of nitrogens with two attached hydrogens (primary N) is 1. The van der Waals surface area contributed by atoms with Gasteiger partial charge in [0.25, 0.3) is 5.56 Å². The first-order chi connectivity index (χ1) is 10.9. The standard InChI is InChI=1S/C13H16N4O5S/c1-5(19)22-8-3-6(4-18)2-7(8)17-10-9(23-13(17)21)11(20)16-12(14)15-10/h6-8,18H,2-4H2,1H3,(H3,14,15,16,20)/t6-,7+,8+/m0/s1. The van der Waals surface area contributed by atoms with Crippen LogP contribution < -0.4 is 16.2 Å². The lowest BCUT2D eigenvalue weighted by atomic mass is 10.1. The average Bonchev–Trinajstić information content (AvgIpc) is 2.99. The van der Waals surface area contributed by atoms with Gasteiger partial charge in [0, 0.05) is 13.5 Å². The topological polar surface area (TPSA) is 140 Å². The minimum absolute atomic E-state index is 0.0682. The smallest absolute Gasteiger partial charge is 0.309 e. The molecular formula is C13H16N4O5S. The molecule has 0 amide bonds. The number of aliphatic hydroxyl groups excluding tert-OH is 1. The Labute approximate surface area is 133 Å². The highest BCUT2D eigenvalue weighted by molar-refractivity contribution is 7.16. The van der Waals surface area contributed by atoms with Crippen LogP contribution in [-0.4, -0.2) is 38.3 Å². The number of nitrogens with zero attached hydrogens (tertiary/aromatic N) is 2. The molecule has 1 aliphatic carbocycles. The van der Waals surface area contributed by atoms with Crippen LogP contribution in [-0.2, 0) is 9.53 Å². The third-order valence-electron chi connectivity index (χ3n) is 3.97. The Bertz CT molecular complexity index is 869. The highest BCUT2D eigenvalue weighted by atomic mass is 32.1. The molecule has 0 radical (unpaired) electrons. The van der Waals surface area contributed by atoms with E-state index in [2.05, 4.69) is 9.97 Å². The molecule has 1 saturated carbocycles. The highest BCUT2D eigenvalue weighted by Crippen LogP contribution is 2.37. The summed E-state index contributed by atoms with van der Waals surface area (Å²) in [5.74, 6) is -0.642. The van der Waals surface area contributed by atoms with Crippen molar-refractivity contribution in [2.75, 3.05) is 12.3 Å². The van der Waals surface area contributed by atoms with Crippen LogP contribution in [0.5, 0.6) is 0 Å². The Morgan fingerprint density at radius 2 is 2.26 bits per heavy atom. The fourth-order valence-corrected chi connectivity index (χ4v) is 3.95. The Kier molecular flexibility index (Phi) is 3.94. The lowest BCUT2D eigenvalue weighted by Crippen LogP contribution is -2.29. The molecule has 2 heterocycles. The maximum atomic E-state index is 12.4. The number of carbonyl (C=O) groups excluding carboxylic acids is 1.